The standard InChI is InChI=1S/C18H21N/c1-12-9-13(2)18(14(3)10-12)16-6-4-5-15-7-8-19-11-17(15)16/h4-6,9-10,19H,7-8,11H2,1-3H3. The SMILES string of the molecule is Cc1cc(C)c(-c2cccc3c2CNCC3)c(C)c1. The van der Waals surface area contributed by atoms with Gasteiger partial charge in [0.25, 0.3) is 0 Å². The van der Waals surface area contributed by atoms with Crippen molar-refractivity contribution in [3.63, 3.8) is 0 Å². The summed E-state index contributed by atoms with van der Waals surface area (Å²) >= 11 is 0. The zero-order chi connectivity index (χ0) is 13.4. The first-order valence-electron chi connectivity index (χ1n) is 7.06. The van der Waals surface area contributed by atoms with Crippen LogP contribution in [0, 0.1) is 20.8 Å². The van der Waals surface area contributed by atoms with Crippen molar-refractivity contribution in [2.45, 2.75) is 33.7 Å². The highest BCUT2D eigenvalue weighted by molar-refractivity contribution is 5.75. The van der Waals surface area contributed by atoms with Gasteiger partial charge < -0.3 is 5.32 Å². The average Bonchev–Trinajstić information content (AvgIpc) is 2.38. The second kappa shape index (κ2) is 4.82. The van der Waals surface area contributed by atoms with E-state index in [1.807, 2.05) is 0 Å². The Bertz CT molecular complexity index is 603. The summed E-state index contributed by atoms with van der Waals surface area (Å²) in [6.45, 7) is 8.72. The third-order valence-corrected chi connectivity index (χ3v) is 4.09. The molecule has 2 aromatic rings. The number of aryl methyl sites for hydroxylation is 3. The quantitative estimate of drug-likeness (QED) is 0.810. The summed E-state index contributed by atoms with van der Waals surface area (Å²) < 4.78 is 0. The molecule has 1 aliphatic heterocycles. The van der Waals surface area contributed by atoms with Gasteiger partial charge in [-0.15, -0.1) is 0 Å². The largest absolute Gasteiger partial charge is 0.312 e. The first-order chi connectivity index (χ1) is 9.16. The molecule has 0 amide bonds. The van der Waals surface area contributed by atoms with Crippen molar-refractivity contribution >= 4 is 0 Å². The Hall–Kier alpha value is -1.60. The molecule has 0 aliphatic carbocycles. The molecule has 1 nitrogen and oxygen atoms in total. The van der Waals surface area contributed by atoms with Gasteiger partial charge in [0.05, 0.1) is 0 Å². The van der Waals surface area contributed by atoms with Gasteiger partial charge in [-0.1, -0.05) is 35.9 Å². The zero-order valence-electron chi connectivity index (χ0n) is 12.0. The summed E-state index contributed by atoms with van der Waals surface area (Å²) in [6.07, 6.45) is 1.15. The summed E-state index contributed by atoms with van der Waals surface area (Å²) in [4.78, 5) is 0. The minimum absolute atomic E-state index is 0.998. The normalized spacial score (nSPS) is 14.3. The Morgan fingerprint density at radius 2 is 1.74 bits per heavy atom. The van der Waals surface area contributed by atoms with Crippen LogP contribution in [0.4, 0.5) is 0 Å². The van der Waals surface area contributed by atoms with Crippen LogP contribution in [0.15, 0.2) is 30.3 Å². The Morgan fingerprint density at radius 1 is 1.00 bits per heavy atom. The lowest BCUT2D eigenvalue weighted by atomic mass is 9.87. The highest BCUT2D eigenvalue weighted by Crippen LogP contribution is 2.33. The second-order valence-electron chi connectivity index (χ2n) is 5.64. The smallest absolute Gasteiger partial charge is 0.0214 e. The Kier molecular flexibility index (Phi) is 3.16. The van der Waals surface area contributed by atoms with Crippen LogP contribution in [0.25, 0.3) is 11.1 Å². The predicted molar refractivity (Wildman–Crippen MR) is 81.5 cm³/mol. The molecule has 0 bridgehead atoms. The fraction of sp³-hybridized carbons (Fsp3) is 0.333. The lowest BCUT2D eigenvalue weighted by molar-refractivity contribution is 0.645. The van der Waals surface area contributed by atoms with Gasteiger partial charge in [-0.05, 0) is 67.1 Å². The first-order valence-corrected chi connectivity index (χ1v) is 7.06. The molecule has 0 saturated carbocycles. The Morgan fingerprint density at radius 3 is 2.47 bits per heavy atom. The van der Waals surface area contributed by atoms with E-state index in [2.05, 4.69) is 56.4 Å². The van der Waals surface area contributed by atoms with Gasteiger partial charge in [0.2, 0.25) is 0 Å². The summed E-state index contributed by atoms with van der Waals surface area (Å²) in [5, 5.41) is 3.50. The molecule has 1 heterocycles. The maximum absolute atomic E-state index is 3.50. The summed E-state index contributed by atoms with van der Waals surface area (Å²) in [5.74, 6) is 0. The maximum atomic E-state index is 3.50. The molecular weight excluding hydrogens is 230 g/mol. The second-order valence-corrected chi connectivity index (χ2v) is 5.64. The highest BCUT2D eigenvalue weighted by atomic mass is 14.9. The fourth-order valence-corrected chi connectivity index (χ4v) is 3.35. The molecule has 1 aliphatic rings. The molecule has 1 N–H and O–H groups in total. The molecule has 0 aromatic heterocycles. The summed E-state index contributed by atoms with van der Waals surface area (Å²) in [5.41, 5.74) is 9.96. The fourth-order valence-electron chi connectivity index (χ4n) is 3.35. The van der Waals surface area contributed by atoms with E-state index in [1.54, 1.807) is 0 Å². The van der Waals surface area contributed by atoms with Crippen LogP contribution in [0.5, 0.6) is 0 Å². The van der Waals surface area contributed by atoms with Crippen LogP contribution in [-0.2, 0) is 13.0 Å². The van der Waals surface area contributed by atoms with Gasteiger partial charge in [0, 0.05) is 6.54 Å². The van der Waals surface area contributed by atoms with Crippen molar-refractivity contribution in [2.75, 3.05) is 6.54 Å². The number of benzene rings is 2. The number of nitrogens with one attached hydrogen (secondary N) is 1. The number of fused-ring (bicyclic) bond motifs is 1. The van der Waals surface area contributed by atoms with Gasteiger partial charge in [0.15, 0.2) is 0 Å². The minimum Gasteiger partial charge on any atom is -0.312 e. The van der Waals surface area contributed by atoms with Gasteiger partial charge in [-0.2, -0.15) is 0 Å². The van der Waals surface area contributed by atoms with Crippen molar-refractivity contribution in [2.24, 2.45) is 0 Å². The van der Waals surface area contributed by atoms with E-state index in [-0.39, 0.29) is 0 Å². The Balaban J connectivity index is 2.23. The summed E-state index contributed by atoms with van der Waals surface area (Å²) in [7, 11) is 0. The molecule has 3 rings (SSSR count). The van der Waals surface area contributed by atoms with Crippen molar-refractivity contribution in [3.8, 4) is 11.1 Å². The van der Waals surface area contributed by atoms with Crippen molar-refractivity contribution in [3.05, 3.63) is 58.1 Å². The molecule has 0 unspecified atom stereocenters. The van der Waals surface area contributed by atoms with Gasteiger partial charge >= 0.3 is 0 Å². The molecule has 98 valence electrons. The lowest BCUT2D eigenvalue weighted by Crippen LogP contribution is -2.24. The van der Waals surface area contributed by atoms with Gasteiger partial charge in [-0.25, -0.2) is 0 Å². The van der Waals surface area contributed by atoms with E-state index < -0.39 is 0 Å². The van der Waals surface area contributed by atoms with E-state index in [0.29, 0.717) is 0 Å². The molecule has 19 heavy (non-hydrogen) atoms. The monoisotopic (exact) mass is 251 g/mol. The van der Waals surface area contributed by atoms with E-state index in [1.165, 1.54) is 38.9 Å². The topological polar surface area (TPSA) is 12.0 Å². The number of rotatable bonds is 1. The van der Waals surface area contributed by atoms with Gasteiger partial charge in [-0.3, -0.25) is 0 Å². The van der Waals surface area contributed by atoms with Crippen LogP contribution in [0.1, 0.15) is 27.8 Å². The molecule has 0 saturated heterocycles. The van der Waals surface area contributed by atoms with E-state index >= 15 is 0 Å². The predicted octanol–water partition coefficient (Wildman–Crippen LogP) is 3.92. The minimum atomic E-state index is 0.998. The molecule has 0 radical (unpaired) electrons. The van der Waals surface area contributed by atoms with E-state index in [9.17, 15) is 0 Å². The summed E-state index contributed by atoms with van der Waals surface area (Å²) in [6, 6.07) is 11.3. The van der Waals surface area contributed by atoms with E-state index in [4.69, 9.17) is 0 Å². The third kappa shape index (κ3) is 2.19. The number of hydrogen-bond donors (Lipinski definition) is 1. The molecular formula is C18H21N. The van der Waals surface area contributed by atoms with E-state index in [0.717, 1.165) is 19.5 Å². The zero-order valence-corrected chi connectivity index (χ0v) is 12.0. The van der Waals surface area contributed by atoms with Crippen molar-refractivity contribution in [1.82, 2.24) is 5.32 Å². The van der Waals surface area contributed by atoms with Gasteiger partial charge in [0.1, 0.15) is 0 Å². The molecule has 0 spiro atoms. The van der Waals surface area contributed by atoms with Crippen molar-refractivity contribution < 1.29 is 0 Å². The molecule has 0 atom stereocenters. The Labute approximate surface area is 115 Å². The molecule has 0 fully saturated rings. The lowest BCUT2D eigenvalue weighted by Gasteiger charge is -2.22. The number of hydrogen-bond acceptors (Lipinski definition) is 1. The van der Waals surface area contributed by atoms with Crippen LogP contribution in [0.3, 0.4) is 0 Å². The third-order valence-electron chi connectivity index (χ3n) is 4.09. The van der Waals surface area contributed by atoms with Crippen LogP contribution in [-0.4, -0.2) is 6.54 Å². The van der Waals surface area contributed by atoms with Crippen LogP contribution in [0.2, 0.25) is 0 Å². The molecule has 2 aromatic carbocycles. The average molecular weight is 251 g/mol. The van der Waals surface area contributed by atoms with Crippen molar-refractivity contribution in [1.29, 1.82) is 0 Å². The first kappa shape index (κ1) is 12.4. The van der Waals surface area contributed by atoms with Crippen LogP contribution < -0.4 is 5.32 Å². The molecule has 1 heteroatoms. The highest BCUT2D eigenvalue weighted by Gasteiger charge is 2.16. The van der Waals surface area contributed by atoms with Crippen LogP contribution >= 0.6 is 0 Å². The maximum Gasteiger partial charge on any atom is 0.0214 e.